The molecule has 1 aromatic carbocycles. The molecule has 0 saturated heterocycles. The van der Waals surface area contributed by atoms with E-state index in [0.29, 0.717) is 0 Å². The van der Waals surface area contributed by atoms with Crippen LogP contribution >= 0.6 is 11.3 Å². The van der Waals surface area contributed by atoms with Crippen LogP contribution in [0.1, 0.15) is 30.0 Å². The van der Waals surface area contributed by atoms with Crippen molar-refractivity contribution in [3.05, 3.63) is 46.9 Å². The minimum atomic E-state index is -0.203. The molecule has 1 N–H and O–H groups in total. The predicted octanol–water partition coefficient (Wildman–Crippen LogP) is 3.35. The Labute approximate surface area is 126 Å². The SMILES string of the molecule is CCCn1nncc1C(NC)c1cc2cc(F)ccc2s1. The number of aromatic nitrogens is 3. The number of nitrogens with one attached hydrogen (secondary N) is 1. The van der Waals surface area contributed by atoms with Crippen molar-refractivity contribution in [2.75, 3.05) is 7.05 Å². The molecule has 1 atom stereocenters. The quantitative estimate of drug-likeness (QED) is 0.786. The standard InChI is InChI=1S/C15H17FN4S/c1-3-6-20-12(9-18-19-20)15(17-2)14-8-10-7-11(16)4-5-13(10)21-14/h4-5,7-9,15,17H,3,6H2,1-2H3. The summed E-state index contributed by atoms with van der Waals surface area (Å²) in [6.07, 6.45) is 2.80. The van der Waals surface area contributed by atoms with Gasteiger partial charge in [0.2, 0.25) is 0 Å². The molecule has 0 spiro atoms. The van der Waals surface area contributed by atoms with E-state index in [4.69, 9.17) is 0 Å². The number of hydrogen-bond donors (Lipinski definition) is 1. The highest BCUT2D eigenvalue weighted by Crippen LogP contribution is 2.33. The largest absolute Gasteiger partial charge is 0.307 e. The lowest BCUT2D eigenvalue weighted by Gasteiger charge is -2.15. The Kier molecular flexibility index (Phi) is 3.98. The molecule has 110 valence electrons. The Morgan fingerprint density at radius 1 is 1.38 bits per heavy atom. The zero-order valence-electron chi connectivity index (χ0n) is 12.0. The van der Waals surface area contributed by atoms with Crippen molar-refractivity contribution < 1.29 is 4.39 Å². The van der Waals surface area contributed by atoms with Gasteiger partial charge in [-0.25, -0.2) is 9.07 Å². The normalized spacial score (nSPS) is 12.9. The van der Waals surface area contributed by atoms with E-state index in [2.05, 4.69) is 22.6 Å². The maximum Gasteiger partial charge on any atom is 0.123 e. The molecule has 0 bridgehead atoms. The van der Waals surface area contributed by atoms with Gasteiger partial charge in [0, 0.05) is 16.1 Å². The van der Waals surface area contributed by atoms with Gasteiger partial charge in [0.15, 0.2) is 0 Å². The van der Waals surface area contributed by atoms with Gasteiger partial charge in [0.25, 0.3) is 0 Å². The summed E-state index contributed by atoms with van der Waals surface area (Å²) in [4.78, 5) is 1.14. The fourth-order valence-electron chi connectivity index (χ4n) is 2.49. The van der Waals surface area contributed by atoms with Crippen LogP contribution in [0.2, 0.25) is 0 Å². The van der Waals surface area contributed by atoms with Crippen molar-refractivity contribution in [3.8, 4) is 0 Å². The Morgan fingerprint density at radius 2 is 2.24 bits per heavy atom. The van der Waals surface area contributed by atoms with Crippen molar-refractivity contribution >= 4 is 21.4 Å². The molecular formula is C15H17FN4S. The Balaban J connectivity index is 2.03. The number of aryl methyl sites for hydroxylation is 1. The summed E-state index contributed by atoms with van der Waals surface area (Å²) in [5, 5.41) is 12.4. The monoisotopic (exact) mass is 304 g/mol. The van der Waals surface area contributed by atoms with Gasteiger partial charge >= 0.3 is 0 Å². The van der Waals surface area contributed by atoms with E-state index in [1.54, 1.807) is 23.6 Å². The average Bonchev–Trinajstić information content (AvgIpc) is 3.07. The molecule has 0 aliphatic heterocycles. The summed E-state index contributed by atoms with van der Waals surface area (Å²) < 4.78 is 16.3. The zero-order chi connectivity index (χ0) is 14.8. The average molecular weight is 304 g/mol. The van der Waals surface area contributed by atoms with E-state index in [1.165, 1.54) is 6.07 Å². The molecule has 21 heavy (non-hydrogen) atoms. The Hall–Kier alpha value is -1.79. The third kappa shape index (κ3) is 2.69. The number of hydrogen-bond acceptors (Lipinski definition) is 4. The van der Waals surface area contributed by atoms with E-state index in [0.717, 1.165) is 33.6 Å². The van der Waals surface area contributed by atoms with E-state index in [1.807, 2.05) is 23.9 Å². The Morgan fingerprint density at radius 3 is 3.00 bits per heavy atom. The molecule has 0 aliphatic rings. The second-order valence-corrected chi connectivity index (χ2v) is 6.05. The molecule has 4 nitrogen and oxygen atoms in total. The fourth-order valence-corrected chi connectivity index (χ4v) is 3.66. The van der Waals surface area contributed by atoms with Gasteiger partial charge in [-0.05, 0) is 43.1 Å². The molecule has 0 saturated carbocycles. The highest BCUT2D eigenvalue weighted by Gasteiger charge is 2.19. The third-order valence-corrected chi connectivity index (χ3v) is 4.63. The molecule has 2 heterocycles. The van der Waals surface area contributed by atoms with Crippen LogP contribution < -0.4 is 5.32 Å². The summed E-state index contributed by atoms with van der Waals surface area (Å²) in [5.41, 5.74) is 1.03. The van der Waals surface area contributed by atoms with Crippen LogP contribution in [0.3, 0.4) is 0 Å². The molecule has 0 radical (unpaired) electrons. The summed E-state index contributed by atoms with van der Waals surface area (Å²) in [5.74, 6) is -0.203. The number of halogens is 1. The van der Waals surface area contributed by atoms with Crippen LogP contribution in [0.4, 0.5) is 4.39 Å². The Bertz CT molecular complexity index is 749. The maximum atomic E-state index is 13.3. The topological polar surface area (TPSA) is 42.7 Å². The minimum Gasteiger partial charge on any atom is -0.307 e. The molecule has 6 heteroatoms. The highest BCUT2D eigenvalue weighted by molar-refractivity contribution is 7.19. The van der Waals surface area contributed by atoms with Crippen LogP contribution in [-0.2, 0) is 6.54 Å². The molecular weight excluding hydrogens is 287 g/mol. The van der Waals surface area contributed by atoms with Crippen LogP contribution in [0.5, 0.6) is 0 Å². The lowest BCUT2D eigenvalue weighted by molar-refractivity contribution is 0.526. The molecule has 3 aromatic rings. The summed E-state index contributed by atoms with van der Waals surface area (Å²) >= 11 is 1.67. The van der Waals surface area contributed by atoms with Crippen LogP contribution in [-0.4, -0.2) is 22.0 Å². The molecule has 0 fully saturated rings. The molecule has 2 aromatic heterocycles. The fraction of sp³-hybridized carbons (Fsp3) is 0.333. The number of rotatable bonds is 5. The first-order chi connectivity index (χ1) is 10.2. The highest BCUT2D eigenvalue weighted by atomic mass is 32.1. The van der Waals surface area contributed by atoms with Crippen molar-refractivity contribution in [2.45, 2.75) is 25.9 Å². The van der Waals surface area contributed by atoms with E-state index in [-0.39, 0.29) is 11.9 Å². The molecule has 1 unspecified atom stereocenters. The maximum absolute atomic E-state index is 13.3. The van der Waals surface area contributed by atoms with Gasteiger partial charge in [-0.15, -0.1) is 16.4 Å². The van der Waals surface area contributed by atoms with Gasteiger partial charge in [0.1, 0.15) is 5.82 Å². The first-order valence-corrected chi connectivity index (χ1v) is 7.79. The van der Waals surface area contributed by atoms with Crippen LogP contribution in [0.25, 0.3) is 10.1 Å². The summed E-state index contributed by atoms with van der Waals surface area (Å²) in [6.45, 7) is 2.95. The van der Waals surface area contributed by atoms with Crippen molar-refractivity contribution in [3.63, 3.8) is 0 Å². The number of nitrogens with zero attached hydrogens (tertiary/aromatic N) is 3. The van der Waals surface area contributed by atoms with Gasteiger partial charge in [-0.2, -0.15) is 0 Å². The number of thiophene rings is 1. The second kappa shape index (κ2) is 5.91. The molecule has 3 rings (SSSR count). The minimum absolute atomic E-state index is 0.0204. The van der Waals surface area contributed by atoms with Crippen molar-refractivity contribution in [2.24, 2.45) is 0 Å². The van der Waals surface area contributed by atoms with Crippen LogP contribution in [0.15, 0.2) is 30.5 Å². The lowest BCUT2D eigenvalue weighted by Crippen LogP contribution is -2.20. The van der Waals surface area contributed by atoms with Gasteiger partial charge in [-0.3, -0.25) is 0 Å². The van der Waals surface area contributed by atoms with Gasteiger partial charge < -0.3 is 5.32 Å². The number of benzene rings is 1. The van der Waals surface area contributed by atoms with E-state index < -0.39 is 0 Å². The summed E-state index contributed by atoms with van der Waals surface area (Å²) in [6, 6.07) is 6.96. The van der Waals surface area contributed by atoms with Gasteiger partial charge in [0.05, 0.1) is 17.9 Å². The third-order valence-electron chi connectivity index (χ3n) is 3.45. The first kappa shape index (κ1) is 14.2. The number of fused-ring (bicyclic) bond motifs is 1. The van der Waals surface area contributed by atoms with E-state index in [9.17, 15) is 4.39 Å². The van der Waals surface area contributed by atoms with E-state index >= 15 is 0 Å². The second-order valence-electron chi connectivity index (χ2n) is 4.93. The smallest absolute Gasteiger partial charge is 0.123 e. The first-order valence-electron chi connectivity index (χ1n) is 6.97. The summed E-state index contributed by atoms with van der Waals surface area (Å²) in [7, 11) is 1.92. The van der Waals surface area contributed by atoms with Crippen molar-refractivity contribution in [1.29, 1.82) is 0 Å². The molecule has 0 amide bonds. The lowest BCUT2D eigenvalue weighted by atomic mass is 10.1. The predicted molar refractivity (Wildman–Crippen MR) is 83.0 cm³/mol. The van der Waals surface area contributed by atoms with Gasteiger partial charge in [-0.1, -0.05) is 12.1 Å². The van der Waals surface area contributed by atoms with Crippen LogP contribution in [0, 0.1) is 5.82 Å². The molecule has 0 aliphatic carbocycles. The zero-order valence-corrected chi connectivity index (χ0v) is 12.8. The van der Waals surface area contributed by atoms with Crippen molar-refractivity contribution in [1.82, 2.24) is 20.3 Å².